The highest BCUT2D eigenvalue weighted by Crippen LogP contribution is 2.38. The number of hydrogen-bond acceptors (Lipinski definition) is 5. The first-order valence-corrected chi connectivity index (χ1v) is 10.8. The number of hydrogen-bond donors (Lipinski definition) is 0. The molecular formula is C25H25F3O5. The van der Waals surface area contributed by atoms with Gasteiger partial charge in [-0.1, -0.05) is 38.8 Å². The van der Waals surface area contributed by atoms with Crippen LogP contribution in [0.15, 0.2) is 51.7 Å². The second-order valence-electron chi connectivity index (χ2n) is 7.61. The molecule has 0 aliphatic rings. The van der Waals surface area contributed by atoms with Crippen molar-refractivity contribution in [1.29, 1.82) is 0 Å². The summed E-state index contributed by atoms with van der Waals surface area (Å²) < 4.78 is 56.9. The first-order chi connectivity index (χ1) is 15.7. The van der Waals surface area contributed by atoms with Gasteiger partial charge in [0.2, 0.25) is 6.79 Å². The maximum absolute atomic E-state index is 13.8. The summed E-state index contributed by atoms with van der Waals surface area (Å²) in [7, 11) is 0. The molecule has 0 unspecified atom stereocenters. The summed E-state index contributed by atoms with van der Waals surface area (Å²) in [4.78, 5) is 23.8. The summed E-state index contributed by atoms with van der Waals surface area (Å²) in [6.07, 6.45) is -1.17. The molecule has 2 aromatic carbocycles. The first kappa shape index (κ1) is 24.4. The van der Waals surface area contributed by atoms with Crippen molar-refractivity contribution in [3.05, 3.63) is 64.0 Å². The van der Waals surface area contributed by atoms with Gasteiger partial charge in [0.25, 0.3) is 0 Å². The van der Waals surface area contributed by atoms with E-state index in [-0.39, 0.29) is 35.7 Å². The summed E-state index contributed by atoms with van der Waals surface area (Å²) in [6.45, 7) is 3.37. The van der Waals surface area contributed by atoms with Gasteiger partial charge in [-0.05, 0) is 42.7 Å². The van der Waals surface area contributed by atoms with Crippen molar-refractivity contribution in [2.24, 2.45) is 0 Å². The van der Waals surface area contributed by atoms with Crippen LogP contribution >= 0.6 is 0 Å². The second kappa shape index (κ2) is 10.6. The first-order valence-electron chi connectivity index (χ1n) is 10.8. The number of halogens is 3. The minimum absolute atomic E-state index is 0.146. The van der Waals surface area contributed by atoms with Gasteiger partial charge in [-0.2, -0.15) is 13.2 Å². The molecule has 0 fully saturated rings. The van der Waals surface area contributed by atoms with Crippen LogP contribution in [-0.4, -0.2) is 12.8 Å². The molecule has 0 spiro atoms. The lowest BCUT2D eigenvalue weighted by atomic mass is 9.95. The number of ether oxygens (including phenoxy) is 2. The average molecular weight is 462 g/mol. The Hall–Kier alpha value is -3.29. The molecular weight excluding hydrogens is 437 g/mol. The van der Waals surface area contributed by atoms with Gasteiger partial charge in [0.05, 0.1) is 11.1 Å². The van der Waals surface area contributed by atoms with E-state index in [1.807, 2.05) is 6.92 Å². The number of aryl methyl sites for hydroxylation is 1. The Morgan fingerprint density at radius 2 is 1.79 bits per heavy atom. The molecule has 3 aromatic rings. The Kier molecular flexibility index (Phi) is 7.79. The van der Waals surface area contributed by atoms with Crippen LogP contribution in [0.4, 0.5) is 13.2 Å². The number of esters is 1. The summed E-state index contributed by atoms with van der Waals surface area (Å²) in [5.41, 5.74) is -1.41. The number of fused-ring (bicyclic) bond motifs is 1. The minimum atomic E-state index is -4.62. The Labute approximate surface area is 189 Å². The topological polar surface area (TPSA) is 65.7 Å². The van der Waals surface area contributed by atoms with Crippen molar-refractivity contribution in [3.63, 3.8) is 0 Å². The van der Waals surface area contributed by atoms with Crippen LogP contribution in [0.2, 0.25) is 0 Å². The van der Waals surface area contributed by atoms with Crippen LogP contribution in [0.3, 0.4) is 0 Å². The van der Waals surface area contributed by atoms with E-state index in [0.717, 1.165) is 25.3 Å². The van der Waals surface area contributed by atoms with Gasteiger partial charge in [0.15, 0.2) is 0 Å². The molecule has 0 N–H and O–H groups in total. The Morgan fingerprint density at radius 1 is 1.00 bits per heavy atom. The summed E-state index contributed by atoms with van der Waals surface area (Å²) in [5.74, 6) is -0.140. The van der Waals surface area contributed by atoms with Gasteiger partial charge < -0.3 is 13.9 Å². The van der Waals surface area contributed by atoms with Crippen LogP contribution < -0.4 is 10.4 Å². The molecule has 8 heteroatoms. The molecule has 0 saturated carbocycles. The average Bonchev–Trinajstić information content (AvgIpc) is 2.78. The zero-order valence-electron chi connectivity index (χ0n) is 18.5. The van der Waals surface area contributed by atoms with Crippen molar-refractivity contribution in [2.75, 3.05) is 6.79 Å². The van der Waals surface area contributed by atoms with Crippen LogP contribution in [-0.2, 0) is 22.1 Å². The maximum atomic E-state index is 13.8. The lowest BCUT2D eigenvalue weighted by Crippen LogP contribution is -2.12. The van der Waals surface area contributed by atoms with Gasteiger partial charge in [0, 0.05) is 23.4 Å². The fourth-order valence-corrected chi connectivity index (χ4v) is 3.43. The molecule has 0 atom stereocenters. The fraction of sp³-hybridized carbons (Fsp3) is 0.360. The van der Waals surface area contributed by atoms with Gasteiger partial charge in [-0.15, -0.1) is 0 Å². The van der Waals surface area contributed by atoms with E-state index >= 15 is 0 Å². The van der Waals surface area contributed by atoms with Gasteiger partial charge in [-0.25, -0.2) is 4.79 Å². The minimum Gasteiger partial charge on any atom is -0.457 e. The SMILES string of the molecule is CCCCCc1ccc(-c2cc3ccc(OCOC(=O)CC)cc3oc2=O)c(C(F)(F)F)c1. The van der Waals surface area contributed by atoms with Crippen LogP contribution in [0.1, 0.15) is 50.7 Å². The Morgan fingerprint density at radius 3 is 2.48 bits per heavy atom. The van der Waals surface area contributed by atoms with E-state index in [1.165, 1.54) is 18.2 Å². The maximum Gasteiger partial charge on any atom is 0.417 e. The molecule has 5 nitrogen and oxygen atoms in total. The summed E-state index contributed by atoms with van der Waals surface area (Å²) in [5, 5.41) is 0.433. The lowest BCUT2D eigenvalue weighted by Gasteiger charge is -2.15. The third-order valence-corrected chi connectivity index (χ3v) is 5.19. The number of unbranched alkanes of at least 4 members (excludes halogenated alkanes) is 2. The van der Waals surface area contributed by atoms with E-state index < -0.39 is 23.3 Å². The van der Waals surface area contributed by atoms with Crippen LogP contribution in [0, 0.1) is 0 Å². The number of carbonyl (C=O) groups excluding carboxylic acids is 1. The predicted octanol–water partition coefficient (Wildman–Crippen LogP) is 6.50. The number of carbonyl (C=O) groups is 1. The predicted molar refractivity (Wildman–Crippen MR) is 118 cm³/mol. The van der Waals surface area contributed by atoms with E-state index in [1.54, 1.807) is 25.1 Å². The Bertz CT molecular complexity index is 1180. The number of rotatable bonds is 9. The molecule has 3 rings (SSSR count). The summed E-state index contributed by atoms with van der Waals surface area (Å²) >= 11 is 0. The second-order valence-corrected chi connectivity index (χ2v) is 7.61. The highest BCUT2D eigenvalue weighted by molar-refractivity contribution is 5.83. The zero-order chi connectivity index (χ0) is 24.0. The van der Waals surface area contributed by atoms with E-state index in [2.05, 4.69) is 0 Å². The molecule has 0 aliphatic carbocycles. The monoisotopic (exact) mass is 462 g/mol. The molecule has 0 bridgehead atoms. The molecule has 176 valence electrons. The number of alkyl halides is 3. The summed E-state index contributed by atoms with van der Waals surface area (Å²) in [6, 6.07) is 9.98. The zero-order valence-corrected chi connectivity index (χ0v) is 18.5. The van der Waals surface area contributed by atoms with Crippen LogP contribution in [0.25, 0.3) is 22.1 Å². The quantitative estimate of drug-likeness (QED) is 0.157. The molecule has 1 heterocycles. The van der Waals surface area contributed by atoms with Crippen molar-refractivity contribution in [1.82, 2.24) is 0 Å². The normalized spacial score (nSPS) is 11.5. The highest BCUT2D eigenvalue weighted by Gasteiger charge is 2.34. The van der Waals surface area contributed by atoms with Gasteiger partial charge in [0.1, 0.15) is 11.3 Å². The van der Waals surface area contributed by atoms with Crippen molar-refractivity contribution < 1.29 is 31.9 Å². The van der Waals surface area contributed by atoms with E-state index in [9.17, 15) is 22.8 Å². The van der Waals surface area contributed by atoms with Crippen molar-refractivity contribution >= 4 is 16.9 Å². The molecule has 1 aromatic heterocycles. The fourth-order valence-electron chi connectivity index (χ4n) is 3.43. The van der Waals surface area contributed by atoms with E-state index in [0.29, 0.717) is 17.4 Å². The molecule has 33 heavy (non-hydrogen) atoms. The van der Waals surface area contributed by atoms with Crippen molar-refractivity contribution in [3.8, 4) is 16.9 Å². The lowest BCUT2D eigenvalue weighted by molar-refractivity contribution is -0.149. The molecule has 0 amide bonds. The highest BCUT2D eigenvalue weighted by atomic mass is 19.4. The van der Waals surface area contributed by atoms with E-state index in [4.69, 9.17) is 13.9 Å². The van der Waals surface area contributed by atoms with Gasteiger partial charge in [-0.3, -0.25) is 4.79 Å². The number of benzene rings is 2. The third kappa shape index (κ3) is 6.15. The molecule has 0 saturated heterocycles. The molecule has 0 aliphatic heterocycles. The van der Waals surface area contributed by atoms with Gasteiger partial charge >= 0.3 is 17.8 Å². The molecule has 0 radical (unpaired) electrons. The van der Waals surface area contributed by atoms with Crippen molar-refractivity contribution in [2.45, 2.75) is 52.1 Å². The van der Waals surface area contributed by atoms with Crippen LogP contribution in [0.5, 0.6) is 5.75 Å². The largest absolute Gasteiger partial charge is 0.457 e. The third-order valence-electron chi connectivity index (χ3n) is 5.19. The Balaban J connectivity index is 1.94. The standard InChI is InChI=1S/C25H25F3O5/c1-3-5-6-7-16-8-11-19(21(12-16)25(26,27)28)20-13-17-9-10-18(14-22(17)33-24(20)30)31-15-32-23(29)4-2/h8-14H,3-7,15H2,1-2H3. The smallest absolute Gasteiger partial charge is 0.417 e.